The number of anilines is 1. The van der Waals surface area contributed by atoms with Crippen molar-refractivity contribution in [2.45, 2.75) is 15.2 Å². The Morgan fingerprint density at radius 1 is 1.25 bits per heavy atom. The van der Waals surface area contributed by atoms with E-state index in [-0.39, 0.29) is 17.5 Å². The minimum Gasteiger partial charge on any atom is -0.300 e. The normalized spacial score (nSPS) is 10.7. The molecule has 7 nitrogen and oxygen atoms in total. The molecule has 0 saturated heterocycles. The van der Waals surface area contributed by atoms with Crippen LogP contribution in [0.3, 0.4) is 0 Å². The van der Waals surface area contributed by atoms with Crippen molar-refractivity contribution in [3.8, 4) is 0 Å². The van der Waals surface area contributed by atoms with Gasteiger partial charge in [0.1, 0.15) is 12.1 Å². The lowest BCUT2D eigenvalue weighted by atomic mass is 10.2. The molecule has 2 N–H and O–H groups in total. The molecular formula is C13H11FN6OS3. The molecule has 0 radical (unpaired) electrons. The predicted molar refractivity (Wildman–Crippen MR) is 91.6 cm³/mol. The number of hydrogen-bond acceptors (Lipinski definition) is 8. The van der Waals surface area contributed by atoms with Crippen molar-refractivity contribution >= 4 is 45.9 Å². The summed E-state index contributed by atoms with van der Waals surface area (Å²) >= 11 is 4.03. The highest BCUT2D eigenvalue weighted by molar-refractivity contribution is 8.00. The summed E-state index contributed by atoms with van der Waals surface area (Å²) in [5, 5.41) is 18.0. The van der Waals surface area contributed by atoms with Gasteiger partial charge in [0.05, 0.1) is 5.75 Å². The third-order valence-corrected chi connectivity index (χ3v) is 5.58. The van der Waals surface area contributed by atoms with Gasteiger partial charge in [-0.2, -0.15) is 5.10 Å². The van der Waals surface area contributed by atoms with Crippen LogP contribution in [-0.2, 0) is 10.5 Å². The Morgan fingerprint density at radius 3 is 2.83 bits per heavy atom. The Labute approximate surface area is 148 Å². The van der Waals surface area contributed by atoms with Gasteiger partial charge in [0, 0.05) is 5.75 Å². The molecule has 1 aromatic carbocycles. The molecule has 11 heteroatoms. The number of H-pyrrole nitrogens is 1. The first-order chi connectivity index (χ1) is 11.7. The van der Waals surface area contributed by atoms with Crippen molar-refractivity contribution in [1.29, 1.82) is 0 Å². The molecule has 2 aromatic heterocycles. The van der Waals surface area contributed by atoms with Crippen LogP contribution >= 0.6 is 34.9 Å². The van der Waals surface area contributed by atoms with Crippen molar-refractivity contribution in [1.82, 2.24) is 25.4 Å². The van der Waals surface area contributed by atoms with Crippen LogP contribution in [0.4, 0.5) is 9.52 Å². The van der Waals surface area contributed by atoms with Gasteiger partial charge in [-0.05, 0) is 17.7 Å². The molecule has 3 rings (SSSR count). The smallest absolute Gasteiger partial charge is 0.236 e. The molecular weight excluding hydrogens is 371 g/mol. The molecule has 0 unspecified atom stereocenters. The number of carbonyl (C=O) groups excluding carboxylic acids is 1. The van der Waals surface area contributed by atoms with E-state index >= 15 is 0 Å². The van der Waals surface area contributed by atoms with E-state index in [2.05, 4.69) is 30.7 Å². The van der Waals surface area contributed by atoms with Gasteiger partial charge in [0.2, 0.25) is 11.0 Å². The summed E-state index contributed by atoms with van der Waals surface area (Å²) in [5.41, 5.74) is 0.991. The molecule has 0 aliphatic heterocycles. The number of aromatic nitrogens is 5. The van der Waals surface area contributed by atoms with Crippen LogP contribution in [0, 0.1) is 5.82 Å². The number of thioether (sulfide) groups is 2. The predicted octanol–water partition coefficient (Wildman–Crippen LogP) is 2.82. The lowest BCUT2D eigenvalue weighted by molar-refractivity contribution is -0.113. The monoisotopic (exact) mass is 382 g/mol. The number of carbonyl (C=O) groups is 1. The lowest BCUT2D eigenvalue weighted by Gasteiger charge is -1.99. The number of amides is 1. The Morgan fingerprint density at radius 2 is 2.08 bits per heavy atom. The summed E-state index contributed by atoms with van der Waals surface area (Å²) in [6.45, 7) is 0. The average molecular weight is 382 g/mol. The first kappa shape index (κ1) is 16.9. The van der Waals surface area contributed by atoms with Gasteiger partial charge in [-0.15, -0.1) is 10.2 Å². The molecule has 0 spiro atoms. The van der Waals surface area contributed by atoms with Crippen LogP contribution < -0.4 is 5.32 Å². The highest BCUT2D eigenvalue weighted by atomic mass is 32.2. The quantitative estimate of drug-likeness (QED) is 0.479. The van der Waals surface area contributed by atoms with E-state index in [4.69, 9.17) is 0 Å². The largest absolute Gasteiger partial charge is 0.300 e. The minimum atomic E-state index is -0.257. The van der Waals surface area contributed by atoms with Gasteiger partial charge < -0.3 is 0 Å². The van der Waals surface area contributed by atoms with Gasteiger partial charge in [0.15, 0.2) is 9.50 Å². The maximum atomic E-state index is 12.8. The zero-order chi connectivity index (χ0) is 16.8. The van der Waals surface area contributed by atoms with Crippen molar-refractivity contribution in [2.75, 3.05) is 11.1 Å². The second-order valence-electron chi connectivity index (χ2n) is 4.42. The van der Waals surface area contributed by atoms with Gasteiger partial charge in [-0.1, -0.05) is 47.0 Å². The lowest BCUT2D eigenvalue weighted by Crippen LogP contribution is -2.13. The third-order valence-electron chi connectivity index (χ3n) is 2.66. The molecule has 0 saturated carbocycles. The summed E-state index contributed by atoms with van der Waals surface area (Å²) in [5.74, 6) is 0.410. The van der Waals surface area contributed by atoms with Crippen molar-refractivity contribution < 1.29 is 9.18 Å². The fourth-order valence-corrected chi connectivity index (χ4v) is 3.90. The summed E-state index contributed by atoms with van der Waals surface area (Å²) in [7, 11) is 0. The maximum absolute atomic E-state index is 12.8. The second-order valence-corrected chi connectivity index (χ2v) is 7.58. The van der Waals surface area contributed by atoms with Gasteiger partial charge >= 0.3 is 0 Å². The number of nitrogens with one attached hydrogen (secondary N) is 2. The topological polar surface area (TPSA) is 96.5 Å². The Hall–Kier alpha value is -1.98. The number of nitrogens with zero attached hydrogens (tertiary/aromatic N) is 4. The highest BCUT2D eigenvalue weighted by Crippen LogP contribution is 2.28. The molecule has 0 fully saturated rings. The first-order valence-corrected chi connectivity index (χ1v) is 9.46. The number of hydrogen-bond donors (Lipinski definition) is 2. The van der Waals surface area contributed by atoms with Crippen LogP contribution in [0.1, 0.15) is 5.56 Å². The number of halogens is 1. The summed E-state index contributed by atoms with van der Waals surface area (Å²) in [6.07, 6.45) is 1.38. The van der Waals surface area contributed by atoms with Crippen molar-refractivity contribution in [3.63, 3.8) is 0 Å². The van der Waals surface area contributed by atoms with Crippen LogP contribution in [0.5, 0.6) is 0 Å². The second kappa shape index (κ2) is 8.22. The Kier molecular flexibility index (Phi) is 5.77. The van der Waals surface area contributed by atoms with Crippen LogP contribution in [-0.4, -0.2) is 37.0 Å². The zero-order valence-electron chi connectivity index (χ0n) is 12.1. The molecule has 0 aliphatic rings. The zero-order valence-corrected chi connectivity index (χ0v) is 14.6. The minimum absolute atomic E-state index is 0.192. The van der Waals surface area contributed by atoms with E-state index in [1.54, 1.807) is 12.1 Å². The van der Waals surface area contributed by atoms with Crippen molar-refractivity contribution in [3.05, 3.63) is 42.0 Å². The first-order valence-electron chi connectivity index (χ1n) is 6.68. The van der Waals surface area contributed by atoms with Gasteiger partial charge in [0.25, 0.3) is 0 Å². The van der Waals surface area contributed by atoms with Gasteiger partial charge in [-0.3, -0.25) is 15.2 Å². The molecule has 0 atom stereocenters. The molecule has 0 aliphatic carbocycles. The molecule has 1 amide bonds. The maximum Gasteiger partial charge on any atom is 0.236 e. The van der Waals surface area contributed by atoms with Crippen LogP contribution in [0.25, 0.3) is 0 Å². The van der Waals surface area contributed by atoms with Crippen LogP contribution in [0.15, 0.2) is 40.1 Å². The van der Waals surface area contributed by atoms with E-state index in [0.29, 0.717) is 16.0 Å². The number of rotatable bonds is 7. The van der Waals surface area contributed by atoms with Crippen LogP contribution in [0.2, 0.25) is 0 Å². The van der Waals surface area contributed by atoms with E-state index in [0.717, 1.165) is 9.90 Å². The molecule has 3 aromatic rings. The average Bonchev–Trinajstić information content (AvgIpc) is 3.24. The highest BCUT2D eigenvalue weighted by Gasteiger charge is 2.10. The number of benzene rings is 1. The fourth-order valence-electron chi connectivity index (χ4n) is 1.60. The summed E-state index contributed by atoms with van der Waals surface area (Å²) in [4.78, 5) is 15.8. The van der Waals surface area contributed by atoms with E-state index in [1.165, 1.54) is 53.3 Å². The standard InChI is InChI=1S/C13H11FN6OS3/c14-9-3-1-8(2-4-9)5-23-13-20-19-12(24-13)17-10(21)6-22-11-15-7-16-18-11/h1-4,7H,5-6H2,(H,15,16,18)(H,17,19,21). The van der Waals surface area contributed by atoms with E-state index < -0.39 is 0 Å². The SMILES string of the molecule is O=C(CSc1ncn[nH]1)Nc1nnc(SCc2ccc(F)cc2)s1. The Balaban J connectivity index is 1.46. The van der Waals surface area contributed by atoms with Gasteiger partial charge in [-0.25, -0.2) is 9.37 Å². The third kappa shape index (κ3) is 5.01. The van der Waals surface area contributed by atoms with E-state index in [1.807, 2.05) is 0 Å². The molecule has 0 bridgehead atoms. The van der Waals surface area contributed by atoms with Crippen molar-refractivity contribution in [2.24, 2.45) is 0 Å². The summed E-state index contributed by atoms with van der Waals surface area (Å²) in [6, 6.07) is 6.31. The molecule has 124 valence electrons. The molecule has 24 heavy (non-hydrogen) atoms. The summed E-state index contributed by atoms with van der Waals surface area (Å²) < 4.78 is 13.6. The Bertz CT molecular complexity index is 792. The molecule has 2 heterocycles. The van der Waals surface area contributed by atoms with E-state index in [9.17, 15) is 9.18 Å². The fraction of sp³-hybridized carbons (Fsp3) is 0.154. The number of aromatic amines is 1.